The lowest BCUT2D eigenvalue weighted by atomic mass is 10.2. The molecule has 6 heteroatoms. The lowest BCUT2D eigenvalue weighted by Gasteiger charge is -1.97. The summed E-state index contributed by atoms with van der Waals surface area (Å²) in [5.41, 5.74) is 6.87. The van der Waals surface area contributed by atoms with Gasteiger partial charge in [-0.2, -0.15) is 4.68 Å². The van der Waals surface area contributed by atoms with Gasteiger partial charge in [-0.3, -0.25) is 4.98 Å². The van der Waals surface area contributed by atoms with Gasteiger partial charge in [-0.05, 0) is 12.1 Å². The molecule has 0 unspecified atom stereocenters. The van der Waals surface area contributed by atoms with E-state index in [2.05, 4.69) is 10.1 Å². The van der Waals surface area contributed by atoms with E-state index in [4.69, 9.17) is 10.2 Å². The fraction of sp³-hybridized carbons (Fsp3) is 0.222. The first-order valence-electron chi connectivity index (χ1n) is 4.40. The van der Waals surface area contributed by atoms with Crippen LogP contribution in [0.5, 0.6) is 0 Å². The van der Waals surface area contributed by atoms with E-state index in [0.29, 0.717) is 12.1 Å². The summed E-state index contributed by atoms with van der Waals surface area (Å²) in [6, 6.07) is 3.45. The van der Waals surface area contributed by atoms with Crippen molar-refractivity contribution in [2.24, 2.45) is 12.8 Å². The number of aromatic nitrogens is 3. The number of nitrogens with two attached hydrogens (primary N) is 1. The second-order valence-electron chi connectivity index (χ2n) is 3.04. The van der Waals surface area contributed by atoms with E-state index in [1.165, 1.54) is 7.05 Å². The third-order valence-corrected chi connectivity index (χ3v) is 1.96. The van der Waals surface area contributed by atoms with Crippen molar-refractivity contribution in [2.45, 2.75) is 6.54 Å². The Hall–Kier alpha value is -1.95. The number of hydrogen-bond donors (Lipinski definition) is 1. The Morgan fingerprint density at radius 2 is 2.40 bits per heavy atom. The van der Waals surface area contributed by atoms with Crippen LogP contribution in [0.25, 0.3) is 11.5 Å². The zero-order valence-corrected chi connectivity index (χ0v) is 8.17. The van der Waals surface area contributed by atoms with Crippen LogP contribution in [0.3, 0.4) is 0 Å². The Morgan fingerprint density at radius 3 is 3.00 bits per heavy atom. The summed E-state index contributed by atoms with van der Waals surface area (Å²) < 4.78 is 6.06. The predicted molar refractivity (Wildman–Crippen MR) is 52.9 cm³/mol. The van der Waals surface area contributed by atoms with Gasteiger partial charge in [0.2, 0.25) is 5.89 Å². The van der Waals surface area contributed by atoms with E-state index in [-0.39, 0.29) is 5.89 Å². The Bertz CT molecular complexity index is 529. The number of pyridine rings is 1. The molecule has 15 heavy (non-hydrogen) atoms. The van der Waals surface area contributed by atoms with Gasteiger partial charge >= 0.3 is 5.76 Å². The highest BCUT2D eigenvalue weighted by molar-refractivity contribution is 5.52. The molecule has 2 heterocycles. The number of nitrogens with zero attached hydrogens (tertiary/aromatic N) is 3. The second-order valence-corrected chi connectivity index (χ2v) is 3.04. The van der Waals surface area contributed by atoms with Crippen LogP contribution < -0.4 is 11.5 Å². The lowest BCUT2D eigenvalue weighted by Crippen LogP contribution is -2.09. The lowest BCUT2D eigenvalue weighted by molar-refractivity contribution is 0.505. The fourth-order valence-electron chi connectivity index (χ4n) is 1.19. The van der Waals surface area contributed by atoms with Gasteiger partial charge in [0, 0.05) is 25.4 Å². The first-order valence-corrected chi connectivity index (χ1v) is 4.40. The van der Waals surface area contributed by atoms with Gasteiger partial charge in [-0.15, -0.1) is 5.10 Å². The molecule has 78 valence electrons. The predicted octanol–water partition coefficient (Wildman–Crippen LogP) is -0.106. The monoisotopic (exact) mass is 206 g/mol. The fourth-order valence-corrected chi connectivity index (χ4v) is 1.19. The van der Waals surface area contributed by atoms with Crippen molar-refractivity contribution in [3.8, 4) is 11.5 Å². The Kier molecular flexibility index (Phi) is 2.34. The highest BCUT2D eigenvalue weighted by Crippen LogP contribution is 2.14. The molecule has 0 aromatic carbocycles. The molecule has 2 N–H and O–H groups in total. The first-order chi connectivity index (χ1) is 7.20. The summed E-state index contributed by atoms with van der Waals surface area (Å²) in [4.78, 5) is 15.1. The third kappa shape index (κ3) is 1.79. The van der Waals surface area contributed by atoms with Crippen molar-refractivity contribution in [3.05, 3.63) is 34.6 Å². The molecule has 0 saturated heterocycles. The van der Waals surface area contributed by atoms with E-state index >= 15 is 0 Å². The molecule has 0 atom stereocenters. The van der Waals surface area contributed by atoms with Crippen LogP contribution in [0, 0.1) is 0 Å². The van der Waals surface area contributed by atoms with E-state index < -0.39 is 5.76 Å². The standard InChI is InChI=1S/C9H10N4O2/c1-13-9(14)15-8(12-13)6-2-3-11-7(4-6)5-10/h2-4H,5,10H2,1H3. The number of hydrogen-bond acceptors (Lipinski definition) is 5. The Labute approximate surface area is 85.4 Å². The van der Waals surface area contributed by atoms with Gasteiger partial charge in [0.05, 0.1) is 5.69 Å². The van der Waals surface area contributed by atoms with Crippen LogP contribution in [0.2, 0.25) is 0 Å². The van der Waals surface area contributed by atoms with Gasteiger partial charge in [0.1, 0.15) is 0 Å². The van der Waals surface area contributed by atoms with Crippen molar-refractivity contribution in [1.82, 2.24) is 14.8 Å². The van der Waals surface area contributed by atoms with Gasteiger partial charge in [-0.25, -0.2) is 4.79 Å². The van der Waals surface area contributed by atoms with Crippen molar-refractivity contribution in [3.63, 3.8) is 0 Å². The van der Waals surface area contributed by atoms with Gasteiger partial charge < -0.3 is 10.2 Å². The minimum Gasteiger partial charge on any atom is -0.388 e. The molecular formula is C9H10N4O2. The van der Waals surface area contributed by atoms with Crippen LogP contribution in [0.1, 0.15) is 5.69 Å². The van der Waals surface area contributed by atoms with Crippen molar-refractivity contribution < 1.29 is 4.42 Å². The first kappa shape index (κ1) is 9.60. The molecule has 0 bridgehead atoms. The minimum atomic E-state index is -0.490. The quantitative estimate of drug-likeness (QED) is 0.741. The van der Waals surface area contributed by atoms with Gasteiger partial charge in [0.25, 0.3) is 0 Å². The van der Waals surface area contributed by atoms with E-state index in [0.717, 1.165) is 10.4 Å². The highest BCUT2D eigenvalue weighted by atomic mass is 16.4. The van der Waals surface area contributed by atoms with Crippen LogP contribution in [-0.2, 0) is 13.6 Å². The molecule has 2 aromatic heterocycles. The molecule has 0 spiro atoms. The Balaban J connectivity index is 2.49. The van der Waals surface area contributed by atoms with E-state index in [1.807, 2.05) is 0 Å². The summed E-state index contributed by atoms with van der Waals surface area (Å²) in [6.45, 7) is 0.338. The zero-order chi connectivity index (χ0) is 10.8. The molecule has 2 aromatic rings. The van der Waals surface area contributed by atoms with E-state index in [9.17, 15) is 4.79 Å². The molecular weight excluding hydrogens is 196 g/mol. The van der Waals surface area contributed by atoms with Crippen molar-refractivity contribution in [2.75, 3.05) is 0 Å². The smallest absolute Gasteiger partial charge is 0.388 e. The topological polar surface area (TPSA) is 86.9 Å². The molecule has 6 nitrogen and oxygen atoms in total. The summed E-state index contributed by atoms with van der Waals surface area (Å²) in [6.07, 6.45) is 1.60. The molecule has 0 saturated carbocycles. The number of aryl methyl sites for hydroxylation is 1. The van der Waals surface area contributed by atoms with Crippen LogP contribution in [0.4, 0.5) is 0 Å². The third-order valence-electron chi connectivity index (χ3n) is 1.96. The zero-order valence-electron chi connectivity index (χ0n) is 8.17. The average molecular weight is 206 g/mol. The number of rotatable bonds is 2. The van der Waals surface area contributed by atoms with Crippen molar-refractivity contribution in [1.29, 1.82) is 0 Å². The summed E-state index contributed by atoms with van der Waals surface area (Å²) in [5.74, 6) is -0.212. The maximum absolute atomic E-state index is 11.1. The summed E-state index contributed by atoms with van der Waals surface area (Å²) >= 11 is 0. The van der Waals surface area contributed by atoms with Gasteiger partial charge in [-0.1, -0.05) is 0 Å². The van der Waals surface area contributed by atoms with Gasteiger partial charge in [0.15, 0.2) is 0 Å². The van der Waals surface area contributed by atoms with Crippen LogP contribution in [0.15, 0.2) is 27.5 Å². The summed E-state index contributed by atoms with van der Waals surface area (Å²) in [7, 11) is 1.53. The highest BCUT2D eigenvalue weighted by Gasteiger charge is 2.07. The van der Waals surface area contributed by atoms with E-state index in [1.54, 1.807) is 18.3 Å². The van der Waals surface area contributed by atoms with Crippen LogP contribution >= 0.6 is 0 Å². The SMILES string of the molecule is Cn1nc(-c2ccnc(CN)c2)oc1=O. The largest absolute Gasteiger partial charge is 0.437 e. The molecule has 0 amide bonds. The summed E-state index contributed by atoms with van der Waals surface area (Å²) in [5, 5.41) is 3.92. The Morgan fingerprint density at radius 1 is 1.60 bits per heavy atom. The average Bonchev–Trinajstić information content (AvgIpc) is 2.59. The minimum absolute atomic E-state index is 0.277. The molecule has 2 rings (SSSR count). The molecule has 0 aliphatic carbocycles. The second kappa shape index (κ2) is 3.66. The molecule has 0 fully saturated rings. The maximum atomic E-state index is 11.1. The maximum Gasteiger partial charge on any atom is 0.437 e. The van der Waals surface area contributed by atoms with Crippen LogP contribution in [-0.4, -0.2) is 14.8 Å². The normalized spacial score (nSPS) is 10.5. The van der Waals surface area contributed by atoms with Crippen molar-refractivity contribution >= 4 is 0 Å². The molecule has 0 radical (unpaired) electrons. The molecule has 0 aliphatic heterocycles. The molecule has 0 aliphatic rings.